The molecule has 0 heterocycles. The van der Waals surface area contributed by atoms with Crippen molar-refractivity contribution in [1.29, 1.82) is 0 Å². The molecule has 3 nitrogen and oxygen atoms in total. The monoisotopic (exact) mass is 285 g/mol. The number of hydrogen-bond acceptors (Lipinski definition) is 3. The van der Waals surface area contributed by atoms with Crippen molar-refractivity contribution in [2.24, 2.45) is 0 Å². The lowest BCUT2D eigenvalue weighted by Crippen LogP contribution is -2.16. The maximum Gasteiger partial charge on any atom is 0.338 e. The van der Waals surface area contributed by atoms with E-state index in [0.717, 1.165) is 17.3 Å². The zero-order valence-corrected chi connectivity index (χ0v) is 11.1. The van der Waals surface area contributed by atoms with Gasteiger partial charge in [-0.15, -0.1) is 0 Å². The average Bonchev–Trinajstić information content (AvgIpc) is 2.24. The molecule has 0 aliphatic heterocycles. The fourth-order valence-electron chi connectivity index (χ4n) is 1.40. The maximum absolute atomic E-state index is 11.8. The van der Waals surface area contributed by atoms with Crippen LogP contribution in [-0.2, 0) is 4.74 Å². The van der Waals surface area contributed by atoms with Crippen molar-refractivity contribution in [2.75, 3.05) is 5.73 Å². The molecule has 0 amide bonds. The first-order chi connectivity index (χ1) is 7.56. The van der Waals surface area contributed by atoms with Crippen molar-refractivity contribution in [2.45, 2.75) is 32.8 Å². The summed E-state index contributed by atoms with van der Waals surface area (Å²) in [5.74, 6) is -0.318. The van der Waals surface area contributed by atoms with Crippen LogP contribution in [0.4, 0.5) is 5.69 Å². The van der Waals surface area contributed by atoms with E-state index in [2.05, 4.69) is 15.9 Å². The van der Waals surface area contributed by atoms with Gasteiger partial charge in [0.05, 0.1) is 5.56 Å². The largest absolute Gasteiger partial charge is 0.459 e. The van der Waals surface area contributed by atoms with Crippen LogP contribution in [0.2, 0.25) is 0 Å². The van der Waals surface area contributed by atoms with Crippen molar-refractivity contribution in [1.82, 2.24) is 0 Å². The highest BCUT2D eigenvalue weighted by Gasteiger charge is 2.13. The zero-order chi connectivity index (χ0) is 12.1. The molecule has 0 spiro atoms. The molecule has 1 aromatic carbocycles. The average molecular weight is 286 g/mol. The van der Waals surface area contributed by atoms with Crippen molar-refractivity contribution >= 4 is 27.6 Å². The molecule has 0 radical (unpaired) electrons. The molecule has 1 rings (SSSR count). The summed E-state index contributed by atoms with van der Waals surface area (Å²) >= 11 is 3.29. The molecule has 0 atom stereocenters. The summed E-state index contributed by atoms with van der Waals surface area (Å²) in [5, 5.41) is 0. The Morgan fingerprint density at radius 1 is 1.38 bits per heavy atom. The molecule has 0 bridgehead atoms. The van der Waals surface area contributed by atoms with Gasteiger partial charge in [0.25, 0.3) is 0 Å². The van der Waals surface area contributed by atoms with Crippen LogP contribution in [0.1, 0.15) is 37.0 Å². The summed E-state index contributed by atoms with van der Waals surface area (Å²) in [7, 11) is 0. The van der Waals surface area contributed by atoms with Crippen LogP contribution in [0, 0.1) is 0 Å². The number of nitrogens with two attached hydrogens (primary N) is 1. The van der Waals surface area contributed by atoms with E-state index in [1.165, 1.54) is 0 Å². The number of esters is 1. The highest BCUT2D eigenvalue weighted by molar-refractivity contribution is 9.10. The third kappa shape index (κ3) is 3.52. The number of carbonyl (C=O) groups is 1. The van der Waals surface area contributed by atoms with Gasteiger partial charge < -0.3 is 10.5 Å². The van der Waals surface area contributed by atoms with Crippen LogP contribution in [0.25, 0.3) is 0 Å². The molecule has 0 saturated carbocycles. The van der Waals surface area contributed by atoms with Crippen molar-refractivity contribution in [3.8, 4) is 0 Å². The second kappa shape index (κ2) is 5.89. The Labute approximate surface area is 104 Å². The quantitative estimate of drug-likeness (QED) is 0.682. The van der Waals surface area contributed by atoms with E-state index in [1.807, 2.05) is 13.8 Å². The molecule has 4 heteroatoms. The van der Waals surface area contributed by atoms with E-state index in [1.54, 1.807) is 18.2 Å². The number of ether oxygens (including phenoxy) is 1. The minimum absolute atomic E-state index is 0.0206. The fourth-order valence-corrected chi connectivity index (χ4v) is 1.92. The van der Waals surface area contributed by atoms with Gasteiger partial charge >= 0.3 is 5.97 Å². The summed E-state index contributed by atoms with van der Waals surface area (Å²) in [6.07, 6.45) is 1.63. The lowest BCUT2D eigenvalue weighted by atomic mass is 10.2. The summed E-state index contributed by atoms with van der Waals surface area (Å²) < 4.78 is 6.11. The van der Waals surface area contributed by atoms with E-state index in [0.29, 0.717) is 11.3 Å². The molecule has 16 heavy (non-hydrogen) atoms. The first-order valence-corrected chi connectivity index (χ1v) is 6.13. The smallest absolute Gasteiger partial charge is 0.338 e. The van der Waals surface area contributed by atoms with Gasteiger partial charge in [0, 0.05) is 10.2 Å². The highest BCUT2D eigenvalue weighted by Crippen LogP contribution is 2.19. The Morgan fingerprint density at radius 2 is 2.00 bits per heavy atom. The summed E-state index contributed by atoms with van der Waals surface area (Å²) in [6.45, 7) is 3.99. The van der Waals surface area contributed by atoms with Crippen molar-refractivity contribution in [3.05, 3.63) is 28.2 Å². The molecule has 88 valence electrons. The van der Waals surface area contributed by atoms with Gasteiger partial charge in [-0.05, 0) is 31.0 Å². The summed E-state index contributed by atoms with van der Waals surface area (Å²) in [5.41, 5.74) is 6.69. The molecule has 0 saturated heterocycles. The van der Waals surface area contributed by atoms with E-state index in [9.17, 15) is 4.79 Å². The van der Waals surface area contributed by atoms with E-state index in [4.69, 9.17) is 10.5 Å². The standard InChI is InChI=1S/C12H16BrNO2/c1-3-11(4-2)16-12(15)8-5-9(13)7-10(14)6-8/h5-7,11H,3-4,14H2,1-2H3. The van der Waals surface area contributed by atoms with Gasteiger partial charge in [0.1, 0.15) is 6.10 Å². The minimum atomic E-state index is -0.318. The van der Waals surface area contributed by atoms with Crippen LogP contribution in [0.15, 0.2) is 22.7 Å². The molecular weight excluding hydrogens is 270 g/mol. The Balaban J connectivity index is 2.80. The Hall–Kier alpha value is -1.03. The van der Waals surface area contributed by atoms with Gasteiger partial charge in [-0.3, -0.25) is 0 Å². The molecule has 0 aliphatic carbocycles. The normalized spacial score (nSPS) is 10.5. The lowest BCUT2D eigenvalue weighted by Gasteiger charge is -2.14. The third-order valence-electron chi connectivity index (χ3n) is 2.34. The molecule has 0 aromatic heterocycles. The first kappa shape index (κ1) is 13.0. The van der Waals surface area contributed by atoms with Crippen LogP contribution in [-0.4, -0.2) is 12.1 Å². The van der Waals surface area contributed by atoms with E-state index in [-0.39, 0.29) is 12.1 Å². The Morgan fingerprint density at radius 3 is 2.50 bits per heavy atom. The third-order valence-corrected chi connectivity index (χ3v) is 2.80. The number of nitrogen functional groups attached to an aromatic ring is 1. The molecule has 0 fully saturated rings. The van der Waals surface area contributed by atoms with Gasteiger partial charge in [-0.2, -0.15) is 0 Å². The summed E-state index contributed by atoms with van der Waals surface area (Å²) in [4.78, 5) is 11.8. The number of anilines is 1. The van der Waals surface area contributed by atoms with E-state index < -0.39 is 0 Å². The minimum Gasteiger partial charge on any atom is -0.459 e. The number of benzene rings is 1. The second-order valence-corrected chi connectivity index (χ2v) is 4.53. The van der Waals surface area contributed by atoms with Gasteiger partial charge in [0.15, 0.2) is 0 Å². The number of carbonyl (C=O) groups excluding carboxylic acids is 1. The maximum atomic E-state index is 11.8. The topological polar surface area (TPSA) is 52.3 Å². The number of rotatable bonds is 4. The highest BCUT2D eigenvalue weighted by atomic mass is 79.9. The molecule has 1 aromatic rings. The SMILES string of the molecule is CCC(CC)OC(=O)c1cc(N)cc(Br)c1. The number of hydrogen-bond donors (Lipinski definition) is 1. The zero-order valence-electron chi connectivity index (χ0n) is 9.50. The molecular formula is C12H16BrNO2. The predicted octanol–water partition coefficient (Wildman–Crippen LogP) is 3.38. The predicted molar refractivity (Wildman–Crippen MR) is 68.3 cm³/mol. The van der Waals surface area contributed by atoms with Crippen LogP contribution < -0.4 is 5.73 Å². The summed E-state index contributed by atoms with van der Waals surface area (Å²) in [6, 6.07) is 5.07. The van der Waals surface area contributed by atoms with Crippen molar-refractivity contribution in [3.63, 3.8) is 0 Å². The van der Waals surface area contributed by atoms with Crippen LogP contribution >= 0.6 is 15.9 Å². The fraction of sp³-hybridized carbons (Fsp3) is 0.417. The van der Waals surface area contributed by atoms with Crippen molar-refractivity contribution < 1.29 is 9.53 Å². The van der Waals surface area contributed by atoms with Gasteiger partial charge in [-0.25, -0.2) is 4.79 Å². The second-order valence-electron chi connectivity index (χ2n) is 3.62. The van der Waals surface area contributed by atoms with Crippen LogP contribution in [0.3, 0.4) is 0 Å². The molecule has 2 N–H and O–H groups in total. The lowest BCUT2D eigenvalue weighted by molar-refractivity contribution is 0.0284. The molecule has 0 unspecified atom stereocenters. The van der Waals surface area contributed by atoms with E-state index >= 15 is 0 Å². The van der Waals surface area contributed by atoms with Gasteiger partial charge in [-0.1, -0.05) is 29.8 Å². The Kier molecular flexibility index (Phi) is 4.80. The van der Waals surface area contributed by atoms with Gasteiger partial charge in [0.2, 0.25) is 0 Å². The first-order valence-electron chi connectivity index (χ1n) is 5.33. The number of halogens is 1. The Bertz CT molecular complexity index is 355. The van der Waals surface area contributed by atoms with Crippen LogP contribution in [0.5, 0.6) is 0 Å². The molecule has 0 aliphatic rings.